The normalized spacial score (nSPS) is 14.9. The Morgan fingerprint density at radius 2 is 1.94 bits per heavy atom. The Morgan fingerprint density at radius 1 is 1.18 bits per heavy atom. The molecule has 3 aromatic heterocycles. The molecule has 1 fully saturated rings. The third-order valence-electron chi connectivity index (χ3n) is 5.58. The van der Waals surface area contributed by atoms with Crippen LogP contribution in [0.15, 0.2) is 47.8 Å². The molecule has 0 radical (unpaired) electrons. The number of ether oxygens (including phenoxy) is 1. The van der Waals surface area contributed by atoms with Gasteiger partial charge in [0.25, 0.3) is 15.9 Å². The molecule has 0 aliphatic carbocycles. The van der Waals surface area contributed by atoms with Crippen molar-refractivity contribution in [1.82, 2.24) is 24.9 Å². The lowest BCUT2D eigenvalue weighted by Crippen LogP contribution is -2.37. The Labute approximate surface area is 198 Å². The average molecular weight is 485 g/mol. The Morgan fingerprint density at radius 3 is 2.56 bits per heavy atom. The molecular formula is C23H28N6O4S. The van der Waals surface area contributed by atoms with Gasteiger partial charge in [-0.25, -0.2) is 14.7 Å². The van der Waals surface area contributed by atoms with Crippen LogP contribution in [0.5, 0.6) is 5.88 Å². The highest BCUT2D eigenvalue weighted by molar-refractivity contribution is 7.90. The maximum atomic E-state index is 13.1. The number of aromatic nitrogens is 4. The summed E-state index contributed by atoms with van der Waals surface area (Å²) in [5, 5.41) is 5.82. The van der Waals surface area contributed by atoms with Crippen molar-refractivity contribution in [3.05, 3.63) is 48.3 Å². The molecule has 34 heavy (non-hydrogen) atoms. The molecule has 10 nitrogen and oxygen atoms in total. The van der Waals surface area contributed by atoms with E-state index in [4.69, 9.17) is 9.72 Å². The van der Waals surface area contributed by atoms with E-state index in [0.29, 0.717) is 23.3 Å². The number of anilines is 1. The van der Waals surface area contributed by atoms with Crippen molar-refractivity contribution in [2.24, 2.45) is 5.92 Å². The molecule has 11 heteroatoms. The Kier molecular flexibility index (Phi) is 6.82. The van der Waals surface area contributed by atoms with E-state index in [9.17, 15) is 13.2 Å². The number of amides is 1. The van der Waals surface area contributed by atoms with Gasteiger partial charge in [-0.1, -0.05) is 6.92 Å². The lowest BCUT2D eigenvalue weighted by Gasteiger charge is -2.32. The molecule has 0 bridgehead atoms. The first kappa shape index (κ1) is 23.7. The number of piperidine rings is 1. The largest absolute Gasteiger partial charge is 0.475 e. The third-order valence-corrected chi connectivity index (χ3v) is 6.84. The fraction of sp³-hybridized carbons (Fsp3) is 0.391. The topological polar surface area (TPSA) is 130 Å². The van der Waals surface area contributed by atoms with Gasteiger partial charge in [0.2, 0.25) is 5.88 Å². The van der Waals surface area contributed by atoms with E-state index in [-0.39, 0.29) is 16.7 Å². The van der Waals surface area contributed by atoms with Gasteiger partial charge in [0.1, 0.15) is 5.82 Å². The fourth-order valence-corrected chi connectivity index (χ4v) is 4.59. The number of nitrogens with zero attached hydrogens (tertiary/aromatic N) is 4. The molecule has 1 saturated heterocycles. The summed E-state index contributed by atoms with van der Waals surface area (Å²) in [6, 6.07) is 8.21. The molecule has 180 valence electrons. The number of sulfonamides is 1. The van der Waals surface area contributed by atoms with Crippen LogP contribution in [-0.4, -0.2) is 53.7 Å². The lowest BCUT2D eigenvalue weighted by molar-refractivity contribution is 0.0981. The van der Waals surface area contributed by atoms with Crippen LogP contribution in [0.4, 0.5) is 5.82 Å². The van der Waals surface area contributed by atoms with Crippen molar-refractivity contribution >= 4 is 21.7 Å². The Balaban J connectivity index is 1.66. The van der Waals surface area contributed by atoms with E-state index in [1.807, 2.05) is 24.8 Å². The highest BCUT2D eigenvalue weighted by Crippen LogP contribution is 2.29. The van der Waals surface area contributed by atoms with Gasteiger partial charge in [-0.3, -0.25) is 9.89 Å². The number of nitrogens with one attached hydrogen (secondary N) is 2. The van der Waals surface area contributed by atoms with Gasteiger partial charge < -0.3 is 9.64 Å². The van der Waals surface area contributed by atoms with Crippen LogP contribution >= 0.6 is 0 Å². The number of hydrogen-bond acceptors (Lipinski definition) is 8. The SMILES string of the molecule is CC1CCN(c2nc(-c3ccc(OC(C)C)nc3)ccc2C(=O)NS(=O)(=O)c2ccn[nH]2)CC1. The predicted molar refractivity (Wildman–Crippen MR) is 127 cm³/mol. The third kappa shape index (κ3) is 5.36. The number of carbonyl (C=O) groups excluding carboxylic acids is 1. The van der Waals surface area contributed by atoms with Crippen LogP contribution in [0.2, 0.25) is 0 Å². The molecule has 4 rings (SSSR count). The summed E-state index contributed by atoms with van der Waals surface area (Å²) in [5.41, 5.74) is 1.58. The number of rotatable bonds is 7. The number of hydrogen-bond donors (Lipinski definition) is 2. The smallest absolute Gasteiger partial charge is 0.281 e. The summed E-state index contributed by atoms with van der Waals surface area (Å²) < 4.78 is 32.8. The summed E-state index contributed by atoms with van der Waals surface area (Å²) >= 11 is 0. The van der Waals surface area contributed by atoms with E-state index in [2.05, 4.69) is 26.8 Å². The van der Waals surface area contributed by atoms with Crippen LogP contribution in [0.25, 0.3) is 11.3 Å². The van der Waals surface area contributed by atoms with E-state index >= 15 is 0 Å². The minimum absolute atomic E-state index is 0.0143. The van der Waals surface area contributed by atoms with E-state index in [1.54, 1.807) is 24.4 Å². The van der Waals surface area contributed by atoms with E-state index in [1.165, 1.54) is 12.3 Å². The van der Waals surface area contributed by atoms with Gasteiger partial charge in [-0.15, -0.1) is 0 Å². The van der Waals surface area contributed by atoms with Crippen molar-refractivity contribution in [1.29, 1.82) is 0 Å². The van der Waals surface area contributed by atoms with Crippen molar-refractivity contribution in [2.75, 3.05) is 18.0 Å². The average Bonchev–Trinajstić information content (AvgIpc) is 3.35. The molecule has 0 aromatic carbocycles. The number of aromatic amines is 1. The van der Waals surface area contributed by atoms with E-state index in [0.717, 1.165) is 31.5 Å². The molecule has 1 amide bonds. The molecule has 0 unspecified atom stereocenters. The molecule has 2 N–H and O–H groups in total. The quantitative estimate of drug-likeness (QED) is 0.523. The Hall–Kier alpha value is -3.47. The highest BCUT2D eigenvalue weighted by Gasteiger charge is 2.26. The zero-order valence-electron chi connectivity index (χ0n) is 19.4. The Bertz CT molecular complexity index is 1230. The monoisotopic (exact) mass is 484 g/mol. The second-order valence-electron chi connectivity index (χ2n) is 8.64. The molecule has 1 aliphatic rings. The first-order chi connectivity index (χ1) is 16.2. The van der Waals surface area contributed by atoms with Crippen LogP contribution in [0.1, 0.15) is 44.0 Å². The molecule has 0 saturated carbocycles. The molecule has 1 aliphatic heterocycles. The van der Waals surface area contributed by atoms with Gasteiger partial charge in [0.05, 0.1) is 23.6 Å². The summed E-state index contributed by atoms with van der Waals surface area (Å²) in [5.74, 6) is 0.796. The van der Waals surface area contributed by atoms with Crippen molar-refractivity contribution in [3.63, 3.8) is 0 Å². The van der Waals surface area contributed by atoms with Gasteiger partial charge in [0, 0.05) is 30.9 Å². The lowest BCUT2D eigenvalue weighted by atomic mass is 9.99. The molecule has 0 atom stereocenters. The maximum Gasteiger partial charge on any atom is 0.281 e. The standard InChI is InChI=1S/C23H28N6O4S/c1-15(2)33-20-7-4-17(14-24-20)19-6-5-18(22(26-19)29-12-9-16(3)10-13-29)23(30)28-34(31,32)21-8-11-25-27-21/h4-8,11,14-16H,9-10,12-13H2,1-3H3,(H,25,27)(H,28,30). The summed E-state index contributed by atoms with van der Waals surface area (Å²) in [4.78, 5) is 24.2. The number of carbonyl (C=O) groups is 1. The van der Waals surface area contributed by atoms with E-state index < -0.39 is 15.9 Å². The summed E-state index contributed by atoms with van der Waals surface area (Å²) in [6.45, 7) is 7.51. The van der Waals surface area contributed by atoms with Crippen LogP contribution < -0.4 is 14.4 Å². The van der Waals surface area contributed by atoms with Gasteiger partial charge in [-0.05, 0) is 56.9 Å². The zero-order valence-corrected chi connectivity index (χ0v) is 20.2. The van der Waals surface area contributed by atoms with Gasteiger partial charge in [-0.2, -0.15) is 13.5 Å². The van der Waals surface area contributed by atoms with Gasteiger partial charge >= 0.3 is 0 Å². The van der Waals surface area contributed by atoms with Crippen LogP contribution in [0, 0.1) is 5.92 Å². The first-order valence-electron chi connectivity index (χ1n) is 11.2. The second-order valence-corrected chi connectivity index (χ2v) is 10.3. The maximum absolute atomic E-state index is 13.1. The predicted octanol–water partition coefficient (Wildman–Crippen LogP) is 3.01. The summed E-state index contributed by atoms with van der Waals surface area (Å²) in [7, 11) is -4.09. The van der Waals surface area contributed by atoms with Crippen LogP contribution in [-0.2, 0) is 10.0 Å². The van der Waals surface area contributed by atoms with Crippen molar-refractivity contribution in [2.45, 2.75) is 44.7 Å². The van der Waals surface area contributed by atoms with Crippen molar-refractivity contribution in [3.8, 4) is 17.1 Å². The second kappa shape index (κ2) is 9.80. The highest BCUT2D eigenvalue weighted by atomic mass is 32.2. The fourth-order valence-electron chi connectivity index (χ4n) is 3.72. The zero-order chi connectivity index (χ0) is 24.3. The van der Waals surface area contributed by atoms with Crippen LogP contribution in [0.3, 0.4) is 0 Å². The van der Waals surface area contributed by atoms with Crippen molar-refractivity contribution < 1.29 is 17.9 Å². The molecule has 3 aromatic rings. The summed E-state index contributed by atoms with van der Waals surface area (Å²) in [6.07, 6.45) is 4.91. The van der Waals surface area contributed by atoms with Gasteiger partial charge in [0.15, 0.2) is 5.03 Å². The molecule has 0 spiro atoms. The number of H-pyrrole nitrogens is 1. The minimum atomic E-state index is -4.09. The minimum Gasteiger partial charge on any atom is -0.475 e. The number of pyridine rings is 2. The molecule has 4 heterocycles. The molecular weight excluding hydrogens is 456 g/mol. The first-order valence-corrected chi connectivity index (χ1v) is 12.7.